The first-order valence-electron chi connectivity index (χ1n) is 7.74. The Bertz CT molecular complexity index is 985. The molecule has 0 aliphatic carbocycles. The van der Waals surface area contributed by atoms with E-state index in [2.05, 4.69) is 0 Å². The van der Waals surface area contributed by atoms with Gasteiger partial charge in [-0.05, 0) is 30.3 Å². The lowest BCUT2D eigenvalue weighted by atomic mass is 10.1. The number of nitrogens with zero attached hydrogens (tertiary/aromatic N) is 2. The Kier molecular flexibility index (Phi) is 5.49. The van der Waals surface area contributed by atoms with Crippen molar-refractivity contribution in [1.29, 1.82) is 0 Å². The molecule has 0 unspecified atom stereocenters. The van der Waals surface area contributed by atoms with E-state index in [4.69, 9.17) is 23.2 Å². The summed E-state index contributed by atoms with van der Waals surface area (Å²) in [4.78, 5) is 24.5. The zero-order valence-electron chi connectivity index (χ0n) is 13.5. The van der Waals surface area contributed by atoms with Crippen molar-refractivity contribution in [3.05, 3.63) is 88.2 Å². The molecule has 7 heteroatoms. The van der Waals surface area contributed by atoms with E-state index >= 15 is 0 Å². The largest absolute Gasteiger partial charge is 0.290 e. The van der Waals surface area contributed by atoms with E-state index < -0.39 is 5.82 Å². The Morgan fingerprint density at radius 2 is 1.77 bits per heavy atom. The number of imidazole rings is 1. The second kappa shape index (κ2) is 7.81. The predicted molar refractivity (Wildman–Crippen MR) is 96.2 cm³/mol. The van der Waals surface area contributed by atoms with Gasteiger partial charge in [0.15, 0.2) is 13.1 Å². The number of carbonyl (C=O) groups excluding carboxylic acids is 2. The predicted octanol–water partition coefficient (Wildman–Crippen LogP) is 3.99. The van der Waals surface area contributed by atoms with Gasteiger partial charge in [-0.15, -0.1) is 0 Å². The number of halogens is 3. The topological polar surface area (TPSA) is 43.0 Å². The van der Waals surface area contributed by atoms with Crippen molar-refractivity contribution >= 4 is 34.8 Å². The molecule has 0 atom stereocenters. The molecule has 26 heavy (non-hydrogen) atoms. The summed E-state index contributed by atoms with van der Waals surface area (Å²) in [5.41, 5.74) is 0.757. The van der Waals surface area contributed by atoms with E-state index in [1.807, 2.05) is 0 Å². The van der Waals surface area contributed by atoms with Gasteiger partial charge in [-0.1, -0.05) is 35.3 Å². The zero-order chi connectivity index (χ0) is 18.7. The molecule has 2 aromatic carbocycles. The Morgan fingerprint density at radius 1 is 1.00 bits per heavy atom. The van der Waals surface area contributed by atoms with Crippen LogP contribution in [0, 0.1) is 5.82 Å². The third kappa shape index (κ3) is 4.36. The molecule has 0 N–H and O–H groups in total. The molecule has 0 spiro atoms. The second-order valence-corrected chi connectivity index (χ2v) is 6.56. The molecule has 0 saturated heterocycles. The fourth-order valence-corrected chi connectivity index (χ4v) is 2.77. The average molecular weight is 392 g/mol. The number of benzene rings is 2. The fraction of sp³-hybridized carbons (Fsp3) is 0.105. The fourth-order valence-electron chi connectivity index (χ4n) is 2.47. The smallest absolute Gasteiger partial charge is 0.244 e. The van der Waals surface area contributed by atoms with Crippen molar-refractivity contribution in [3.63, 3.8) is 0 Å². The minimum Gasteiger partial charge on any atom is -0.290 e. The Hall–Kier alpha value is -2.50. The molecule has 0 aliphatic rings. The number of carbonyl (C=O) groups is 2. The SMILES string of the molecule is O=C(Cn1cc[n+](CC(=O)c2ccc(Cl)c(Cl)c2)c1)c1cccc(F)c1. The molecular formula is C19H14Cl2FN2O2+. The first-order chi connectivity index (χ1) is 12.4. The van der Waals surface area contributed by atoms with Crippen molar-refractivity contribution < 1.29 is 18.5 Å². The maximum Gasteiger partial charge on any atom is 0.244 e. The molecular weight excluding hydrogens is 378 g/mol. The first-order valence-corrected chi connectivity index (χ1v) is 8.50. The molecule has 4 nitrogen and oxygen atoms in total. The van der Waals surface area contributed by atoms with Crippen LogP contribution in [-0.2, 0) is 13.1 Å². The van der Waals surface area contributed by atoms with Gasteiger partial charge in [-0.2, -0.15) is 0 Å². The van der Waals surface area contributed by atoms with Gasteiger partial charge in [0.25, 0.3) is 0 Å². The van der Waals surface area contributed by atoms with Gasteiger partial charge < -0.3 is 0 Å². The van der Waals surface area contributed by atoms with Crippen LogP contribution in [0.15, 0.2) is 61.2 Å². The van der Waals surface area contributed by atoms with Crippen LogP contribution in [0.25, 0.3) is 0 Å². The highest BCUT2D eigenvalue weighted by Gasteiger charge is 2.15. The Balaban J connectivity index is 1.66. The molecule has 1 aromatic heterocycles. The third-order valence-electron chi connectivity index (χ3n) is 3.79. The molecule has 3 aromatic rings. The minimum absolute atomic E-state index is 0.0530. The van der Waals surface area contributed by atoms with Gasteiger partial charge in [-0.3, -0.25) is 9.59 Å². The van der Waals surface area contributed by atoms with Gasteiger partial charge in [0.05, 0.1) is 10.0 Å². The summed E-state index contributed by atoms with van der Waals surface area (Å²) in [6.07, 6.45) is 5.01. The summed E-state index contributed by atoms with van der Waals surface area (Å²) >= 11 is 11.8. The number of Topliss-reactive ketones (excluding diaryl/α,β-unsaturated/α-hetero) is 2. The summed E-state index contributed by atoms with van der Waals surface area (Å²) in [5, 5.41) is 0.707. The van der Waals surface area contributed by atoms with Gasteiger partial charge in [-0.25, -0.2) is 13.5 Å². The first kappa shape index (κ1) is 18.3. The van der Waals surface area contributed by atoms with Crippen molar-refractivity contribution in [2.75, 3.05) is 0 Å². The monoisotopic (exact) mass is 391 g/mol. The van der Waals surface area contributed by atoms with Gasteiger partial charge in [0.1, 0.15) is 18.2 Å². The third-order valence-corrected chi connectivity index (χ3v) is 4.53. The van der Waals surface area contributed by atoms with E-state index in [-0.39, 0.29) is 24.7 Å². The number of ketones is 2. The van der Waals surface area contributed by atoms with Crippen LogP contribution < -0.4 is 4.57 Å². The average Bonchev–Trinajstić information content (AvgIpc) is 3.04. The summed E-state index contributed by atoms with van der Waals surface area (Å²) < 4.78 is 16.5. The summed E-state index contributed by atoms with van der Waals surface area (Å²) in [5.74, 6) is -0.809. The van der Waals surface area contributed by atoms with Crippen molar-refractivity contribution in [1.82, 2.24) is 4.57 Å². The van der Waals surface area contributed by atoms with E-state index in [0.29, 0.717) is 21.2 Å². The standard InChI is InChI=1S/C19H14Cl2FN2O2/c20-16-5-4-14(9-17(16)21)19(26)11-24-7-6-23(12-24)10-18(25)13-2-1-3-15(22)8-13/h1-9,12H,10-11H2/q+1. The maximum atomic E-state index is 13.2. The number of hydrogen-bond donors (Lipinski definition) is 0. The summed E-state index contributed by atoms with van der Waals surface area (Å²) in [7, 11) is 0. The van der Waals surface area contributed by atoms with Crippen LogP contribution in [0.2, 0.25) is 10.0 Å². The van der Waals surface area contributed by atoms with Crippen molar-refractivity contribution in [2.45, 2.75) is 13.1 Å². The normalized spacial score (nSPS) is 10.7. The van der Waals surface area contributed by atoms with Crippen molar-refractivity contribution in [2.24, 2.45) is 0 Å². The van der Waals surface area contributed by atoms with Gasteiger partial charge in [0.2, 0.25) is 17.9 Å². The number of hydrogen-bond acceptors (Lipinski definition) is 2. The molecule has 132 valence electrons. The molecule has 3 rings (SSSR count). The quantitative estimate of drug-likeness (QED) is 0.470. The van der Waals surface area contributed by atoms with Gasteiger partial charge >= 0.3 is 0 Å². The van der Waals surface area contributed by atoms with Crippen molar-refractivity contribution in [3.8, 4) is 0 Å². The lowest BCUT2D eigenvalue weighted by molar-refractivity contribution is -0.682. The van der Waals surface area contributed by atoms with Crippen LogP contribution in [0.5, 0.6) is 0 Å². The van der Waals surface area contributed by atoms with E-state index in [0.717, 1.165) is 0 Å². The highest BCUT2D eigenvalue weighted by atomic mass is 35.5. The molecule has 0 aliphatic heterocycles. The molecule has 0 fully saturated rings. The summed E-state index contributed by atoms with van der Waals surface area (Å²) in [6, 6.07) is 10.3. The van der Waals surface area contributed by atoms with Crippen LogP contribution in [0.3, 0.4) is 0 Å². The number of rotatable bonds is 6. The Labute approximate surface area is 159 Å². The molecule has 1 heterocycles. The second-order valence-electron chi connectivity index (χ2n) is 5.74. The number of aromatic nitrogens is 2. The minimum atomic E-state index is -0.453. The molecule has 0 amide bonds. The van der Waals surface area contributed by atoms with Crippen LogP contribution in [-0.4, -0.2) is 16.1 Å². The van der Waals surface area contributed by atoms with Crippen LogP contribution in [0.1, 0.15) is 20.7 Å². The van der Waals surface area contributed by atoms with E-state index in [1.54, 1.807) is 46.1 Å². The van der Waals surface area contributed by atoms with Gasteiger partial charge in [0, 0.05) is 11.1 Å². The van der Waals surface area contributed by atoms with Crippen LogP contribution >= 0.6 is 23.2 Å². The maximum absolute atomic E-state index is 13.2. The molecule has 0 saturated carbocycles. The van der Waals surface area contributed by atoms with E-state index in [1.165, 1.54) is 24.3 Å². The highest BCUT2D eigenvalue weighted by molar-refractivity contribution is 6.42. The zero-order valence-corrected chi connectivity index (χ0v) is 15.0. The molecule has 0 radical (unpaired) electrons. The molecule has 0 bridgehead atoms. The van der Waals surface area contributed by atoms with E-state index in [9.17, 15) is 14.0 Å². The Morgan fingerprint density at radius 3 is 2.50 bits per heavy atom. The lowest BCUT2D eigenvalue weighted by Crippen LogP contribution is -2.36. The lowest BCUT2D eigenvalue weighted by Gasteiger charge is -2.01. The summed E-state index contributed by atoms with van der Waals surface area (Å²) in [6.45, 7) is 0.149. The van der Waals surface area contributed by atoms with Crippen LogP contribution in [0.4, 0.5) is 4.39 Å². The highest BCUT2D eigenvalue weighted by Crippen LogP contribution is 2.22.